The van der Waals surface area contributed by atoms with Crippen LogP contribution in [0.4, 0.5) is 5.69 Å². The lowest BCUT2D eigenvalue weighted by Gasteiger charge is -2.18. The number of carbonyl (C=O) groups is 1. The maximum Gasteiger partial charge on any atom is 0.241 e. The number of benzene rings is 1. The van der Waals surface area contributed by atoms with Gasteiger partial charge in [0.05, 0.1) is 6.04 Å². The molecule has 0 saturated heterocycles. The van der Waals surface area contributed by atoms with Crippen molar-refractivity contribution in [3.63, 3.8) is 0 Å². The van der Waals surface area contributed by atoms with Crippen LogP contribution in [0.2, 0.25) is 0 Å². The predicted octanol–water partition coefficient (Wildman–Crippen LogP) is 3.73. The number of thiophene rings is 1. The van der Waals surface area contributed by atoms with E-state index in [1.807, 2.05) is 55.6 Å². The maximum absolute atomic E-state index is 12.2. The molecule has 2 rings (SSSR count). The molecule has 106 valence electrons. The number of para-hydroxylation sites is 1. The molecule has 0 bridgehead atoms. The first-order chi connectivity index (χ1) is 9.63. The standard InChI is InChI=1S/C16H20N2OS/c1-3-11(2)15(17)16(19)18-13-8-5-4-7-12(13)14-9-6-10-20-14/h4-11,15H,3,17H2,1-2H3,(H,18,19)/t11?,15-/m0/s1. The summed E-state index contributed by atoms with van der Waals surface area (Å²) in [6, 6.07) is 11.4. The molecule has 2 atom stereocenters. The molecule has 20 heavy (non-hydrogen) atoms. The Morgan fingerprint density at radius 1 is 1.30 bits per heavy atom. The highest BCUT2D eigenvalue weighted by Crippen LogP contribution is 2.31. The SMILES string of the molecule is CCC(C)[C@H](N)C(=O)Nc1ccccc1-c1cccs1. The van der Waals surface area contributed by atoms with Crippen molar-refractivity contribution in [3.05, 3.63) is 41.8 Å². The number of anilines is 1. The second-order valence-corrected chi connectivity index (χ2v) is 5.87. The van der Waals surface area contributed by atoms with Gasteiger partial charge in [-0.2, -0.15) is 0 Å². The molecular formula is C16H20N2OS. The minimum absolute atomic E-state index is 0.122. The molecule has 0 aliphatic carbocycles. The number of hydrogen-bond donors (Lipinski definition) is 2. The van der Waals surface area contributed by atoms with E-state index in [1.165, 1.54) is 0 Å². The lowest BCUT2D eigenvalue weighted by molar-refractivity contribution is -0.118. The summed E-state index contributed by atoms with van der Waals surface area (Å²) in [4.78, 5) is 13.3. The number of rotatable bonds is 5. The third-order valence-electron chi connectivity index (χ3n) is 3.53. The highest BCUT2D eigenvalue weighted by molar-refractivity contribution is 7.13. The third-order valence-corrected chi connectivity index (χ3v) is 4.43. The largest absolute Gasteiger partial charge is 0.324 e. The average molecular weight is 288 g/mol. The van der Waals surface area contributed by atoms with Gasteiger partial charge in [-0.15, -0.1) is 11.3 Å². The number of hydrogen-bond acceptors (Lipinski definition) is 3. The van der Waals surface area contributed by atoms with Crippen molar-refractivity contribution >= 4 is 22.9 Å². The van der Waals surface area contributed by atoms with E-state index in [-0.39, 0.29) is 11.8 Å². The molecule has 0 fully saturated rings. The Morgan fingerprint density at radius 3 is 2.70 bits per heavy atom. The molecule has 1 unspecified atom stereocenters. The van der Waals surface area contributed by atoms with Gasteiger partial charge >= 0.3 is 0 Å². The fraction of sp³-hybridized carbons (Fsp3) is 0.312. The van der Waals surface area contributed by atoms with Gasteiger partial charge in [-0.1, -0.05) is 44.5 Å². The monoisotopic (exact) mass is 288 g/mol. The van der Waals surface area contributed by atoms with E-state index in [9.17, 15) is 4.79 Å². The first kappa shape index (κ1) is 14.8. The second-order valence-electron chi connectivity index (χ2n) is 4.92. The van der Waals surface area contributed by atoms with Gasteiger partial charge in [0.2, 0.25) is 5.91 Å². The molecule has 3 N–H and O–H groups in total. The highest BCUT2D eigenvalue weighted by Gasteiger charge is 2.20. The Hall–Kier alpha value is -1.65. The summed E-state index contributed by atoms with van der Waals surface area (Å²) in [5.74, 6) is 0.0484. The highest BCUT2D eigenvalue weighted by atomic mass is 32.1. The summed E-state index contributed by atoms with van der Waals surface area (Å²) >= 11 is 1.65. The third kappa shape index (κ3) is 3.26. The van der Waals surface area contributed by atoms with Crippen LogP contribution in [0.25, 0.3) is 10.4 Å². The van der Waals surface area contributed by atoms with E-state index in [4.69, 9.17) is 5.73 Å². The molecule has 1 heterocycles. The zero-order chi connectivity index (χ0) is 14.5. The Morgan fingerprint density at radius 2 is 2.05 bits per heavy atom. The fourth-order valence-corrected chi connectivity index (χ4v) is 2.73. The smallest absolute Gasteiger partial charge is 0.241 e. The number of amides is 1. The summed E-state index contributed by atoms with van der Waals surface area (Å²) in [5, 5.41) is 4.98. The van der Waals surface area contributed by atoms with E-state index in [0.717, 1.165) is 22.5 Å². The van der Waals surface area contributed by atoms with Crippen LogP contribution in [0.1, 0.15) is 20.3 Å². The second kappa shape index (κ2) is 6.68. The van der Waals surface area contributed by atoms with Crippen LogP contribution in [0.15, 0.2) is 41.8 Å². The molecule has 0 aliphatic heterocycles. The normalized spacial score (nSPS) is 13.8. The lowest BCUT2D eigenvalue weighted by atomic mass is 9.99. The van der Waals surface area contributed by atoms with Gasteiger partial charge in [0, 0.05) is 16.1 Å². The van der Waals surface area contributed by atoms with Crippen molar-refractivity contribution in [2.75, 3.05) is 5.32 Å². The Kier molecular flexibility index (Phi) is 4.93. The molecule has 1 amide bonds. The number of carbonyl (C=O) groups excluding carboxylic acids is 1. The first-order valence-electron chi connectivity index (χ1n) is 6.82. The van der Waals surface area contributed by atoms with Crippen molar-refractivity contribution in [1.82, 2.24) is 0 Å². The molecule has 0 radical (unpaired) electrons. The summed E-state index contributed by atoms with van der Waals surface area (Å²) < 4.78 is 0. The van der Waals surface area contributed by atoms with Crippen molar-refractivity contribution in [2.45, 2.75) is 26.3 Å². The first-order valence-corrected chi connectivity index (χ1v) is 7.70. The number of nitrogens with two attached hydrogens (primary N) is 1. The average Bonchev–Trinajstić information content (AvgIpc) is 3.00. The minimum atomic E-state index is -0.476. The molecular weight excluding hydrogens is 268 g/mol. The van der Waals surface area contributed by atoms with Gasteiger partial charge in [-0.3, -0.25) is 4.79 Å². The summed E-state index contributed by atoms with van der Waals surface area (Å²) in [7, 11) is 0. The minimum Gasteiger partial charge on any atom is -0.324 e. The van der Waals surface area contributed by atoms with Crippen LogP contribution >= 0.6 is 11.3 Å². The van der Waals surface area contributed by atoms with Crippen molar-refractivity contribution < 1.29 is 4.79 Å². The summed E-state index contributed by atoms with van der Waals surface area (Å²) in [5.41, 5.74) is 7.83. The Labute approximate surface area is 123 Å². The molecule has 3 nitrogen and oxygen atoms in total. The van der Waals surface area contributed by atoms with Gasteiger partial charge in [0.1, 0.15) is 0 Å². The van der Waals surface area contributed by atoms with Gasteiger partial charge in [0.25, 0.3) is 0 Å². The van der Waals surface area contributed by atoms with Crippen LogP contribution in [-0.2, 0) is 4.79 Å². The van der Waals surface area contributed by atoms with Crippen LogP contribution in [0.3, 0.4) is 0 Å². The van der Waals surface area contributed by atoms with Gasteiger partial charge in [0.15, 0.2) is 0 Å². The van der Waals surface area contributed by atoms with Crippen LogP contribution in [0, 0.1) is 5.92 Å². The van der Waals surface area contributed by atoms with Crippen molar-refractivity contribution in [2.24, 2.45) is 11.7 Å². The summed E-state index contributed by atoms with van der Waals surface area (Å²) in [6.07, 6.45) is 0.890. The molecule has 1 aromatic heterocycles. The van der Waals surface area contributed by atoms with E-state index in [0.29, 0.717) is 0 Å². The molecule has 4 heteroatoms. The van der Waals surface area contributed by atoms with Gasteiger partial charge in [-0.25, -0.2) is 0 Å². The van der Waals surface area contributed by atoms with E-state index in [2.05, 4.69) is 5.32 Å². The van der Waals surface area contributed by atoms with Crippen LogP contribution in [-0.4, -0.2) is 11.9 Å². The Bertz CT molecular complexity index is 566. The van der Waals surface area contributed by atoms with E-state index in [1.54, 1.807) is 11.3 Å². The molecule has 0 saturated carbocycles. The predicted molar refractivity (Wildman–Crippen MR) is 85.8 cm³/mol. The fourth-order valence-electron chi connectivity index (χ4n) is 1.97. The Balaban J connectivity index is 2.20. The van der Waals surface area contributed by atoms with E-state index < -0.39 is 6.04 Å². The molecule has 0 aliphatic rings. The molecule has 1 aromatic carbocycles. The summed E-state index contributed by atoms with van der Waals surface area (Å²) in [6.45, 7) is 4.03. The zero-order valence-electron chi connectivity index (χ0n) is 11.8. The lowest BCUT2D eigenvalue weighted by Crippen LogP contribution is -2.40. The molecule has 0 spiro atoms. The van der Waals surface area contributed by atoms with Crippen LogP contribution < -0.4 is 11.1 Å². The zero-order valence-corrected chi connectivity index (χ0v) is 12.6. The van der Waals surface area contributed by atoms with Gasteiger partial charge in [-0.05, 0) is 23.4 Å². The molecule has 2 aromatic rings. The van der Waals surface area contributed by atoms with E-state index >= 15 is 0 Å². The van der Waals surface area contributed by atoms with Crippen molar-refractivity contribution in [3.8, 4) is 10.4 Å². The van der Waals surface area contributed by atoms with Crippen molar-refractivity contribution in [1.29, 1.82) is 0 Å². The number of nitrogens with one attached hydrogen (secondary N) is 1. The topological polar surface area (TPSA) is 55.1 Å². The van der Waals surface area contributed by atoms with Gasteiger partial charge < -0.3 is 11.1 Å². The maximum atomic E-state index is 12.2. The van der Waals surface area contributed by atoms with Crippen LogP contribution in [0.5, 0.6) is 0 Å². The quantitative estimate of drug-likeness (QED) is 0.881.